The molecule has 1 heterocycles. The minimum atomic E-state index is -0.447. The fourth-order valence-electron chi connectivity index (χ4n) is 4.31. The van der Waals surface area contributed by atoms with Crippen molar-refractivity contribution in [2.75, 3.05) is 20.3 Å². The number of halogens is 1. The Morgan fingerprint density at radius 1 is 0.943 bits per heavy atom. The van der Waals surface area contributed by atoms with Crippen LogP contribution >= 0.6 is 0 Å². The largest absolute Gasteiger partial charge is 0.496 e. The second-order valence-electron chi connectivity index (χ2n) is 8.28. The molecule has 182 valence electrons. The van der Waals surface area contributed by atoms with Gasteiger partial charge in [-0.15, -0.1) is 0 Å². The molecule has 0 aliphatic carbocycles. The number of carbonyl (C=O) groups excluding carboxylic acids is 2. The summed E-state index contributed by atoms with van der Waals surface area (Å²) in [5.41, 5.74) is 4.42. The molecule has 0 fully saturated rings. The van der Waals surface area contributed by atoms with Gasteiger partial charge in [-0.2, -0.15) is 0 Å². The molecule has 0 bridgehead atoms. The van der Waals surface area contributed by atoms with E-state index < -0.39 is 6.09 Å². The summed E-state index contributed by atoms with van der Waals surface area (Å²) < 4.78 is 30.9. The van der Waals surface area contributed by atoms with Crippen LogP contribution in [0.15, 0.2) is 60.7 Å². The number of hydrogen-bond donors (Lipinski definition) is 0. The number of hydrogen-bond acceptors (Lipinski definition) is 5. The van der Waals surface area contributed by atoms with E-state index in [4.69, 9.17) is 14.2 Å². The van der Waals surface area contributed by atoms with Crippen LogP contribution in [0, 0.1) is 5.82 Å². The Kier molecular flexibility index (Phi) is 7.65. The Morgan fingerprint density at radius 2 is 1.74 bits per heavy atom. The minimum absolute atomic E-state index is 0.117. The van der Waals surface area contributed by atoms with Gasteiger partial charge in [-0.3, -0.25) is 4.79 Å². The van der Waals surface area contributed by atoms with Gasteiger partial charge >= 0.3 is 12.1 Å². The molecule has 6 nitrogen and oxygen atoms in total. The van der Waals surface area contributed by atoms with Crippen molar-refractivity contribution in [3.8, 4) is 16.9 Å². The fourth-order valence-corrected chi connectivity index (χ4v) is 4.31. The van der Waals surface area contributed by atoms with Crippen molar-refractivity contribution < 1.29 is 28.2 Å². The Hall–Kier alpha value is -3.87. The summed E-state index contributed by atoms with van der Waals surface area (Å²) in [6, 6.07) is 18.0. The van der Waals surface area contributed by atoms with Gasteiger partial charge in [0.2, 0.25) is 0 Å². The Balaban J connectivity index is 1.62. The molecule has 1 aliphatic heterocycles. The van der Waals surface area contributed by atoms with Crippen LogP contribution in [0.4, 0.5) is 9.18 Å². The number of esters is 1. The first-order chi connectivity index (χ1) is 17.0. The van der Waals surface area contributed by atoms with E-state index in [0.717, 1.165) is 22.3 Å². The smallest absolute Gasteiger partial charge is 0.410 e. The van der Waals surface area contributed by atoms with Gasteiger partial charge in [0.25, 0.3) is 0 Å². The molecule has 0 saturated carbocycles. The Labute approximate surface area is 204 Å². The van der Waals surface area contributed by atoms with Crippen molar-refractivity contribution in [3.63, 3.8) is 0 Å². The molecule has 0 atom stereocenters. The van der Waals surface area contributed by atoms with Crippen molar-refractivity contribution in [2.45, 2.75) is 32.9 Å². The highest BCUT2D eigenvalue weighted by Gasteiger charge is 2.27. The molecular weight excluding hydrogens is 449 g/mol. The van der Waals surface area contributed by atoms with E-state index in [9.17, 15) is 14.0 Å². The van der Waals surface area contributed by atoms with Gasteiger partial charge in [-0.25, -0.2) is 9.18 Å². The number of methoxy groups -OCH3 is 1. The third-order valence-corrected chi connectivity index (χ3v) is 6.03. The average Bonchev–Trinajstić information content (AvgIpc) is 2.88. The van der Waals surface area contributed by atoms with Crippen molar-refractivity contribution in [3.05, 3.63) is 88.7 Å². The zero-order chi connectivity index (χ0) is 24.8. The highest BCUT2D eigenvalue weighted by Crippen LogP contribution is 2.38. The van der Waals surface area contributed by atoms with Crippen molar-refractivity contribution in [2.24, 2.45) is 0 Å². The standard InChI is InChI=1S/C28H28FNO5/c1-3-34-27(31)16-20-9-12-26(33-2)23(15-20)21-10-11-25(29)22-13-14-30(17-24(21)22)28(32)35-18-19-7-5-4-6-8-19/h4-12,15H,3,13-14,16-18H2,1-2H3. The minimum Gasteiger partial charge on any atom is -0.496 e. The number of ether oxygens (including phenoxy) is 3. The van der Waals surface area contributed by atoms with Crippen molar-refractivity contribution in [1.82, 2.24) is 4.90 Å². The molecule has 0 spiro atoms. The van der Waals surface area contributed by atoms with Crippen molar-refractivity contribution in [1.29, 1.82) is 0 Å². The van der Waals surface area contributed by atoms with Crippen LogP contribution in [0.5, 0.6) is 5.75 Å². The molecule has 0 N–H and O–H groups in total. The first-order valence-electron chi connectivity index (χ1n) is 11.6. The maximum absolute atomic E-state index is 14.8. The van der Waals surface area contributed by atoms with Gasteiger partial charge in [0.1, 0.15) is 18.2 Å². The fraction of sp³-hybridized carbons (Fsp3) is 0.286. The molecular formula is C28H28FNO5. The van der Waals surface area contributed by atoms with E-state index in [1.165, 1.54) is 6.07 Å². The predicted molar refractivity (Wildman–Crippen MR) is 129 cm³/mol. The van der Waals surface area contributed by atoms with E-state index in [0.29, 0.717) is 36.4 Å². The lowest BCUT2D eigenvalue weighted by Crippen LogP contribution is -2.37. The van der Waals surface area contributed by atoms with Crippen molar-refractivity contribution >= 4 is 12.1 Å². The number of benzene rings is 3. The van der Waals surface area contributed by atoms with E-state index in [2.05, 4.69) is 0 Å². The number of nitrogens with zero attached hydrogens (tertiary/aromatic N) is 1. The molecule has 7 heteroatoms. The molecule has 0 radical (unpaired) electrons. The number of amides is 1. The number of fused-ring (bicyclic) bond motifs is 1. The molecule has 35 heavy (non-hydrogen) atoms. The van der Waals surface area contributed by atoms with Crippen LogP contribution in [-0.2, 0) is 40.3 Å². The van der Waals surface area contributed by atoms with Crippen LogP contribution in [0.25, 0.3) is 11.1 Å². The molecule has 3 aromatic rings. The van der Waals surface area contributed by atoms with E-state index in [1.807, 2.05) is 42.5 Å². The summed E-state index contributed by atoms with van der Waals surface area (Å²) in [6.45, 7) is 2.81. The van der Waals surface area contributed by atoms with Gasteiger partial charge in [-0.1, -0.05) is 42.5 Å². The van der Waals surface area contributed by atoms with E-state index >= 15 is 0 Å². The third kappa shape index (κ3) is 5.62. The summed E-state index contributed by atoms with van der Waals surface area (Å²) >= 11 is 0. The van der Waals surface area contributed by atoms with Crippen LogP contribution in [0.2, 0.25) is 0 Å². The summed E-state index contributed by atoms with van der Waals surface area (Å²) in [4.78, 5) is 26.4. The van der Waals surface area contributed by atoms with Crippen LogP contribution < -0.4 is 4.74 Å². The first-order valence-corrected chi connectivity index (χ1v) is 11.6. The lowest BCUT2D eigenvalue weighted by atomic mass is 9.89. The van der Waals surface area contributed by atoms with Gasteiger partial charge in [0, 0.05) is 18.7 Å². The first kappa shape index (κ1) is 24.3. The second-order valence-corrected chi connectivity index (χ2v) is 8.28. The van der Waals surface area contributed by atoms with Gasteiger partial charge in [-0.05, 0) is 59.4 Å². The maximum atomic E-state index is 14.8. The van der Waals surface area contributed by atoms with E-state index in [-0.39, 0.29) is 31.4 Å². The molecule has 0 aromatic heterocycles. The second kappa shape index (κ2) is 11.0. The molecule has 1 aliphatic rings. The SMILES string of the molecule is CCOC(=O)Cc1ccc(OC)c(-c2ccc(F)c3c2CN(C(=O)OCc2ccccc2)CC3)c1. The zero-order valence-corrected chi connectivity index (χ0v) is 19.9. The van der Waals surface area contributed by atoms with E-state index in [1.54, 1.807) is 31.1 Å². The maximum Gasteiger partial charge on any atom is 0.410 e. The molecule has 4 rings (SSSR count). The third-order valence-electron chi connectivity index (χ3n) is 6.03. The molecule has 1 amide bonds. The highest BCUT2D eigenvalue weighted by atomic mass is 19.1. The summed E-state index contributed by atoms with van der Waals surface area (Å²) in [5, 5.41) is 0. The molecule has 3 aromatic carbocycles. The predicted octanol–water partition coefficient (Wildman–Crippen LogP) is 5.30. The lowest BCUT2D eigenvalue weighted by molar-refractivity contribution is -0.142. The molecule has 0 unspecified atom stereocenters. The van der Waals surface area contributed by atoms with Gasteiger partial charge < -0.3 is 19.1 Å². The van der Waals surface area contributed by atoms with Gasteiger partial charge in [0.15, 0.2) is 0 Å². The van der Waals surface area contributed by atoms with Crippen LogP contribution in [-0.4, -0.2) is 37.2 Å². The van der Waals surface area contributed by atoms with Gasteiger partial charge in [0.05, 0.1) is 20.1 Å². The number of carbonyl (C=O) groups is 2. The average molecular weight is 478 g/mol. The highest BCUT2D eigenvalue weighted by molar-refractivity contribution is 5.79. The Bertz CT molecular complexity index is 1210. The number of rotatable bonds is 7. The topological polar surface area (TPSA) is 65.1 Å². The lowest BCUT2D eigenvalue weighted by Gasteiger charge is -2.30. The normalized spacial score (nSPS) is 12.6. The molecule has 0 saturated heterocycles. The summed E-state index contributed by atoms with van der Waals surface area (Å²) in [5.74, 6) is -0.0324. The Morgan fingerprint density at radius 3 is 2.49 bits per heavy atom. The quantitative estimate of drug-likeness (QED) is 0.432. The zero-order valence-electron chi connectivity index (χ0n) is 19.9. The summed E-state index contributed by atoms with van der Waals surface area (Å²) in [7, 11) is 1.56. The van der Waals surface area contributed by atoms with Crippen LogP contribution in [0.3, 0.4) is 0 Å². The summed E-state index contributed by atoms with van der Waals surface area (Å²) in [6.07, 6.45) is 0.0460. The van der Waals surface area contributed by atoms with Crippen LogP contribution in [0.1, 0.15) is 29.2 Å². The monoisotopic (exact) mass is 477 g/mol.